The zero-order chi connectivity index (χ0) is 17.5. The summed E-state index contributed by atoms with van der Waals surface area (Å²) in [6, 6.07) is 6.50. The fourth-order valence-corrected chi connectivity index (χ4v) is 2.69. The van der Waals surface area contributed by atoms with Gasteiger partial charge in [0, 0.05) is 18.7 Å². The van der Waals surface area contributed by atoms with E-state index >= 15 is 0 Å². The first-order valence-corrected chi connectivity index (χ1v) is 8.42. The third-order valence-corrected chi connectivity index (χ3v) is 4.18. The Labute approximate surface area is 140 Å². The molecule has 0 aliphatic heterocycles. The molecule has 0 bridgehead atoms. The number of hydrogen-bond donors (Lipinski definition) is 3. The molecule has 0 spiro atoms. The highest BCUT2D eigenvalue weighted by molar-refractivity contribution is 7.99. The van der Waals surface area contributed by atoms with Gasteiger partial charge in [-0.2, -0.15) is 0 Å². The molecule has 0 aliphatic carbocycles. The predicted molar refractivity (Wildman–Crippen MR) is 91.4 cm³/mol. The first-order valence-electron chi connectivity index (χ1n) is 7.27. The number of fused-ring (bicyclic) bond motifs is 1. The van der Waals surface area contributed by atoms with Crippen molar-refractivity contribution in [1.29, 1.82) is 0 Å². The third kappa shape index (κ3) is 4.72. The number of carbonyl (C=O) groups excluding carboxylic acids is 1. The quantitative estimate of drug-likeness (QED) is 0.576. The molecule has 0 radical (unpaired) electrons. The lowest BCUT2D eigenvalue weighted by atomic mass is 10.2. The maximum atomic E-state index is 12.3. The topological polar surface area (TPSA) is 121 Å². The second kappa shape index (κ2) is 8.34. The molecule has 24 heavy (non-hydrogen) atoms. The van der Waals surface area contributed by atoms with Gasteiger partial charge in [0.2, 0.25) is 5.91 Å². The molecule has 0 fully saturated rings. The molecule has 1 amide bonds. The Morgan fingerprint density at radius 2 is 1.92 bits per heavy atom. The molecule has 1 aromatic heterocycles. The first-order chi connectivity index (χ1) is 11.5. The summed E-state index contributed by atoms with van der Waals surface area (Å²) in [5, 5.41) is 14.2. The van der Waals surface area contributed by atoms with E-state index in [1.54, 1.807) is 24.3 Å². The van der Waals surface area contributed by atoms with Crippen molar-refractivity contribution in [2.24, 2.45) is 0 Å². The second-order valence-corrected chi connectivity index (χ2v) is 6.09. The summed E-state index contributed by atoms with van der Waals surface area (Å²) in [6.45, 7) is 0.410. The Balaban J connectivity index is 1.90. The van der Waals surface area contributed by atoms with Crippen LogP contribution in [0.2, 0.25) is 0 Å². The summed E-state index contributed by atoms with van der Waals surface area (Å²) >= 11 is 1.21. The van der Waals surface area contributed by atoms with Gasteiger partial charge < -0.3 is 10.4 Å². The Bertz CT molecular complexity index is 858. The summed E-state index contributed by atoms with van der Waals surface area (Å²) in [5.41, 5.74) is -0.731. The average molecular weight is 351 g/mol. The number of nitrogens with zero attached hydrogens (tertiary/aromatic N) is 1. The number of rotatable bonds is 8. The van der Waals surface area contributed by atoms with Crippen LogP contribution in [0.25, 0.3) is 10.8 Å². The van der Waals surface area contributed by atoms with Gasteiger partial charge in [-0.3, -0.25) is 24.3 Å². The maximum absolute atomic E-state index is 12.3. The first kappa shape index (κ1) is 17.8. The van der Waals surface area contributed by atoms with Crippen LogP contribution in [-0.4, -0.2) is 44.8 Å². The number of aromatic amines is 1. The molecule has 3 N–H and O–H groups in total. The summed E-state index contributed by atoms with van der Waals surface area (Å²) in [5.74, 6) is -0.688. The molecule has 128 valence electrons. The van der Waals surface area contributed by atoms with Crippen molar-refractivity contribution < 1.29 is 14.7 Å². The normalized spacial score (nSPS) is 10.7. The fourth-order valence-electron chi connectivity index (χ4n) is 2.13. The van der Waals surface area contributed by atoms with E-state index in [4.69, 9.17) is 5.11 Å². The van der Waals surface area contributed by atoms with Crippen LogP contribution in [0, 0.1) is 0 Å². The number of benzene rings is 1. The van der Waals surface area contributed by atoms with Gasteiger partial charge in [-0.05, 0) is 12.1 Å². The number of carboxylic acid groups (broad SMARTS) is 1. The van der Waals surface area contributed by atoms with Crippen LogP contribution in [0.3, 0.4) is 0 Å². The number of carbonyl (C=O) groups is 2. The second-order valence-electron chi connectivity index (χ2n) is 4.99. The molecule has 2 rings (SSSR count). The molecule has 0 saturated heterocycles. The van der Waals surface area contributed by atoms with Crippen LogP contribution in [0.1, 0.15) is 6.42 Å². The van der Waals surface area contributed by atoms with E-state index in [9.17, 15) is 19.2 Å². The Morgan fingerprint density at radius 3 is 2.62 bits per heavy atom. The molecule has 2 aromatic rings. The number of hydrogen-bond acceptors (Lipinski definition) is 5. The van der Waals surface area contributed by atoms with Crippen molar-refractivity contribution in [3.8, 4) is 0 Å². The molecular weight excluding hydrogens is 334 g/mol. The number of aliphatic carboxylic acids is 1. The van der Waals surface area contributed by atoms with Crippen molar-refractivity contribution in [2.75, 3.05) is 18.1 Å². The van der Waals surface area contributed by atoms with E-state index in [0.717, 1.165) is 4.68 Å². The Hall–Kier alpha value is -2.55. The van der Waals surface area contributed by atoms with Gasteiger partial charge in [0.15, 0.2) is 0 Å². The van der Waals surface area contributed by atoms with Crippen LogP contribution in [0.15, 0.2) is 33.9 Å². The lowest BCUT2D eigenvalue weighted by Gasteiger charge is -2.08. The van der Waals surface area contributed by atoms with Gasteiger partial charge >= 0.3 is 5.97 Å². The van der Waals surface area contributed by atoms with E-state index in [0.29, 0.717) is 23.1 Å². The predicted octanol–water partition coefficient (Wildman–Crippen LogP) is 0.0139. The number of amides is 1. The SMILES string of the molecule is O=C(O)CSCCNC(=O)CCn1[nH]c(=O)c2ccccc2c1=O. The van der Waals surface area contributed by atoms with Crippen molar-refractivity contribution in [2.45, 2.75) is 13.0 Å². The molecule has 8 nitrogen and oxygen atoms in total. The fraction of sp³-hybridized carbons (Fsp3) is 0.333. The van der Waals surface area contributed by atoms with Crippen molar-refractivity contribution in [3.63, 3.8) is 0 Å². The molecule has 0 unspecified atom stereocenters. The van der Waals surface area contributed by atoms with Gasteiger partial charge in [-0.25, -0.2) is 4.68 Å². The number of carboxylic acids is 1. The average Bonchev–Trinajstić information content (AvgIpc) is 2.56. The lowest BCUT2D eigenvalue weighted by Crippen LogP contribution is -2.33. The number of aryl methyl sites for hydroxylation is 1. The van der Waals surface area contributed by atoms with Gasteiger partial charge in [-0.1, -0.05) is 12.1 Å². The van der Waals surface area contributed by atoms with Crippen molar-refractivity contribution in [3.05, 3.63) is 45.0 Å². The van der Waals surface area contributed by atoms with E-state index in [2.05, 4.69) is 10.4 Å². The molecule has 0 aliphatic rings. The summed E-state index contributed by atoms with van der Waals surface area (Å²) in [6.07, 6.45) is 0.0395. The standard InChI is InChI=1S/C15H17N3O5S/c19-12(16-6-8-24-9-13(20)21)5-7-18-15(23)11-4-2-1-3-10(11)14(22)17-18/h1-4H,5-9H2,(H,16,19)(H,17,22)(H,20,21). The molecule has 9 heteroatoms. The van der Waals surface area contributed by atoms with Gasteiger partial charge in [0.05, 0.1) is 23.1 Å². The van der Waals surface area contributed by atoms with Gasteiger partial charge in [0.1, 0.15) is 0 Å². The van der Waals surface area contributed by atoms with E-state index in [1.165, 1.54) is 11.8 Å². The smallest absolute Gasteiger partial charge is 0.313 e. The molecular formula is C15H17N3O5S. The van der Waals surface area contributed by atoms with Crippen LogP contribution >= 0.6 is 11.8 Å². The molecule has 1 heterocycles. The van der Waals surface area contributed by atoms with E-state index in [-0.39, 0.29) is 35.7 Å². The highest BCUT2D eigenvalue weighted by Gasteiger charge is 2.08. The third-order valence-electron chi connectivity index (χ3n) is 3.24. The van der Waals surface area contributed by atoms with Crippen LogP contribution in [-0.2, 0) is 16.1 Å². The van der Waals surface area contributed by atoms with Gasteiger partial charge in [-0.15, -0.1) is 11.8 Å². The minimum absolute atomic E-state index is 0.0103. The van der Waals surface area contributed by atoms with Crippen molar-refractivity contribution in [1.82, 2.24) is 15.1 Å². The molecule has 0 saturated carbocycles. The zero-order valence-corrected chi connectivity index (χ0v) is 13.6. The lowest BCUT2D eigenvalue weighted by molar-refractivity contribution is -0.133. The van der Waals surface area contributed by atoms with Crippen LogP contribution in [0.5, 0.6) is 0 Å². The number of aromatic nitrogens is 2. The summed E-state index contributed by atoms with van der Waals surface area (Å²) in [7, 11) is 0. The van der Waals surface area contributed by atoms with E-state index in [1.807, 2.05) is 0 Å². The Kier molecular flexibility index (Phi) is 6.19. The minimum atomic E-state index is -0.897. The Morgan fingerprint density at radius 1 is 1.21 bits per heavy atom. The van der Waals surface area contributed by atoms with Crippen LogP contribution < -0.4 is 16.4 Å². The van der Waals surface area contributed by atoms with Crippen LogP contribution in [0.4, 0.5) is 0 Å². The van der Waals surface area contributed by atoms with E-state index < -0.39 is 5.97 Å². The minimum Gasteiger partial charge on any atom is -0.481 e. The molecule has 0 atom stereocenters. The largest absolute Gasteiger partial charge is 0.481 e. The van der Waals surface area contributed by atoms with Gasteiger partial charge in [0.25, 0.3) is 11.1 Å². The summed E-state index contributed by atoms with van der Waals surface area (Å²) in [4.78, 5) is 46.3. The van der Waals surface area contributed by atoms with Crippen molar-refractivity contribution >= 4 is 34.4 Å². The monoisotopic (exact) mass is 351 g/mol. The maximum Gasteiger partial charge on any atom is 0.313 e. The summed E-state index contributed by atoms with van der Waals surface area (Å²) < 4.78 is 1.13. The number of thioether (sulfide) groups is 1. The highest BCUT2D eigenvalue weighted by Crippen LogP contribution is 2.02. The highest BCUT2D eigenvalue weighted by atomic mass is 32.2. The zero-order valence-electron chi connectivity index (χ0n) is 12.8. The number of nitrogens with one attached hydrogen (secondary N) is 2. The molecule has 1 aromatic carbocycles. The number of H-pyrrole nitrogens is 1.